The van der Waals surface area contributed by atoms with Gasteiger partial charge in [-0.05, 0) is 49.6 Å². The van der Waals surface area contributed by atoms with Crippen molar-refractivity contribution in [1.29, 1.82) is 0 Å². The van der Waals surface area contributed by atoms with Crippen LogP contribution < -0.4 is 10.6 Å². The molecule has 2 aromatic rings. The van der Waals surface area contributed by atoms with Gasteiger partial charge in [0.2, 0.25) is 5.91 Å². The Morgan fingerprint density at radius 3 is 2.35 bits per heavy atom. The number of hydrogen-bond acceptors (Lipinski definition) is 4. The van der Waals surface area contributed by atoms with Gasteiger partial charge in [-0.15, -0.1) is 0 Å². The minimum absolute atomic E-state index is 0.274. The quantitative estimate of drug-likeness (QED) is 0.766. The number of hydrogen-bond donors (Lipinski definition) is 3. The second-order valence-electron chi connectivity index (χ2n) is 6.34. The number of nitrogens with one attached hydrogen (secondary N) is 2. The highest BCUT2D eigenvalue weighted by molar-refractivity contribution is 6.05. The first kappa shape index (κ1) is 17.6. The fourth-order valence-electron chi connectivity index (χ4n) is 2.88. The molecule has 3 N–H and O–H groups in total. The third-order valence-corrected chi connectivity index (χ3v) is 4.62. The third-order valence-electron chi connectivity index (χ3n) is 4.62. The van der Waals surface area contributed by atoms with Crippen LogP contribution in [0.25, 0.3) is 0 Å². The van der Waals surface area contributed by atoms with E-state index in [-0.39, 0.29) is 11.8 Å². The molecule has 134 valence electrons. The van der Waals surface area contributed by atoms with Gasteiger partial charge in [0, 0.05) is 29.3 Å². The highest BCUT2D eigenvalue weighted by atomic mass is 16.4. The van der Waals surface area contributed by atoms with Gasteiger partial charge in [0.05, 0.1) is 11.8 Å². The normalized spacial score (nSPS) is 18.5. The molecule has 2 unspecified atom stereocenters. The Morgan fingerprint density at radius 2 is 1.73 bits per heavy atom. The Bertz CT molecular complexity index is 851. The Kier molecular flexibility index (Phi) is 4.97. The van der Waals surface area contributed by atoms with Crippen LogP contribution in [0.4, 0.5) is 11.4 Å². The number of aliphatic carboxylic acids is 1. The molecule has 7 heteroatoms. The first-order valence-corrected chi connectivity index (χ1v) is 8.31. The van der Waals surface area contributed by atoms with E-state index in [1.165, 1.54) is 12.4 Å². The number of aromatic nitrogens is 1. The SMILES string of the molecule is Cc1ccc(NC(=O)C2CCC2C(=O)O)cc1NC(=O)c1ccncc1. The van der Waals surface area contributed by atoms with Crippen LogP contribution in [0.2, 0.25) is 0 Å². The maximum atomic E-state index is 12.3. The monoisotopic (exact) mass is 353 g/mol. The van der Waals surface area contributed by atoms with Crippen molar-refractivity contribution < 1.29 is 19.5 Å². The van der Waals surface area contributed by atoms with Gasteiger partial charge in [-0.1, -0.05) is 6.07 Å². The second kappa shape index (κ2) is 7.35. The molecule has 2 amide bonds. The molecule has 0 aliphatic heterocycles. The van der Waals surface area contributed by atoms with E-state index in [2.05, 4.69) is 15.6 Å². The average molecular weight is 353 g/mol. The van der Waals surface area contributed by atoms with Crippen molar-refractivity contribution in [3.63, 3.8) is 0 Å². The van der Waals surface area contributed by atoms with Crippen molar-refractivity contribution in [2.24, 2.45) is 11.8 Å². The van der Waals surface area contributed by atoms with E-state index < -0.39 is 17.8 Å². The zero-order chi connectivity index (χ0) is 18.7. The summed E-state index contributed by atoms with van der Waals surface area (Å²) in [6.07, 6.45) is 4.17. The summed E-state index contributed by atoms with van der Waals surface area (Å²) in [5.41, 5.74) is 2.42. The molecule has 2 atom stereocenters. The van der Waals surface area contributed by atoms with Gasteiger partial charge >= 0.3 is 5.97 Å². The number of rotatable bonds is 5. The number of carbonyl (C=O) groups excluding carboxylic acids is 2. The number of carboxylic acids is 1. The molecule has 0 spiro atoms. The lowest BCUT2D eigenvalue weighted by Gasteiger charge is -2.31. The van der Waals surface area contributed by atoms with Gasteiger partial charge < -0.3 is 15.7 Å². The van der Waals surface area contributed by atoms with Crippen LogP contribution in [-0.4, -0.2) is 27.9 Å². The van der Waals surface area contributed by atoms with Crippen molar-refractivity contribution in [1.82, 2.24) is 4.98 Å². The number of benzene rings is 1. The summed E-state index contributed by atoms with van der Waals surface area (Å²) in [7, 11) is 0. The van der Waals surface area contributed by atoms with Crippen molar-refractivity contribution in [2.75, 3.05) is 10.6 Å². The Morgan fingerprint density at radius 1 is 1.04 bits per heavy atom. The molecule has 1 aromatic carbocycles. The van der Waals surface area contributed by atoms with Crippen LogP contribution >= 0.6 is 0 Å². The Hall–Kier alpha value is -3.22. The third kappa shape index (κ3) is 3.72. The van der Waals surface area contributed by atoms with E-state index in [1.807, 2.05) is 6.92 Å². The number of aryl methyl sites for hydroxylation is 1. The maximum absolute atomic E-state index is 12.3. The minimum Gasteiger partial charge on any atom is -0.481 e. The number of carbonyl (C=O) groups is 3. The number of anilines is 2. The van der Waals surface area contributed by atoms with Gasteiger partial charge in [0.15, 0.2) is 0 Å². The molecule has 0 radical (unpaired) electrons. The van der Waals surface area contributed by atoms with Crippen molar-refractivity contribution in [2.45, 2.75) is 19.8 Å². The summed E-state index contributed by atoms with van der Waals surface area (Å²) in [6.45, 7) is 1.85. The predicted octanol–water partition coefficient (Wildman–Crippen LogP) is 2.69. The minimum atomic E-state index is -0.939. The molecular formula is C19H19N3O4. The summed E-state index contributed by atoms with van der Waals surface area (Å²) >= 11 is 0. The number of nitrogens with zero attached hydrogens (tertiary/aromatic N) is 1. The first-order chi connectivity index (χ1) is 12.5. The van der Waals surface area contributed by atoms with Gasteiger partial charge in [0.25, 0.3) is 5.91 Å². The van der Waals surface area contributed by atoms with E-state index in [0.717, 1.165) is 5.56 Å². The lowest BCUT2D eigenvalue weighted by Crippen LogP contribution is -2.41. The first-order valence-electron chi connectivity index (χ1n) is 8.31. The summed E-state index contributed by atoms with van der Waals surface area (Å²) in [4.78, 5) is 39.5. The zero-order valence-corrected chi connectivity index (χ0v) is 14.2. The molecule has 1 aromatic heterocycles. The molecular weight excluding hydrogens is 334 g/mol. The highest BCUT2D eigenvalue weighted by Crippen LogP contribution is 2.35. The lowest BCUT2D eigenvalue weighted by molar-refractivity contribution is -0.151. The van der Waals surface area contributed by atoms with Crippen molar-refractivity contribution >= 4 is 29.2 Å². The number of pyridine rings is 1. The Labute approximate surface area is 150 Å². The van der Waals surface area contributed by atoms with E-state index in [0.29, 0.717) is 29.8 Å². The zero-order valence-electron chi connectivity index (χ0n) is 14.2. The van der Waals surface area contributed by atoms with E-state index in [1.54, 1.807) is 30.3 Å². The van der Waals surface area contributed by atoms with Gasteiger partial charge in [0.1, 0.15) is 0 Å². The summed E-state index contributed by atoms with van der Waals surface area (Å²) in [6, 6.07) is 8.40. The van der Waals surface area contributed by atoms with E-state index in [9.17, 15) is 14.4 Å². The van der Waals surface area contributed by atoms with Gasteiger partial charge in [-0.2, -0.15) is 0 Å². The van der Waals surface area contributed by atoms with Crippen LogP contribution in [0.3, 0.4) is 0 Å². The Balaban J connectivity index is 1.70. The van der Waals surface area contributed by atoms with Crippen LogP contribution in [-0.2, 0) is 9.59 Å². The van der Waals surface area contributed by atoms with Crippen molar-refractivity contribution in [3.8, 4) is 0 Å². The average Bonchev–Trinajstić information content (AvgIpc) is 2.57. The molecule has 7 nitrogen and oxygen atoms in total. The van der Waals surface area contributed by atoms with Gasteiger partial charge in [-0.3, -0.25) is 19.4 Å². The molecule has 1 fully saturated rings. The van der Waals surface area contributed by atoms with Crippen LogP contribution in [0.5, 0.6) is 0 Å². The van der Waals surface area contributed by atoms with Crippen LogP contribution in [0, 0.1) is 18.8 Å². The summed E-state index contributed by atoms with van der Waals surface area (Å²) < 4.78 is 0. The van der Waals surface area contributed by atoms with Gasteiger partial charge in [-0.25, -0.2) is 0 Å². The molecule has 0 bridgehead atoms. The molecule has 1 saturated carbocycles. The lowest BCUT2D eigenvalue weighted by atomic mass is 9.73. The highest BCUT2D eigenvalue weighted by Gasteiger charge is 2.41. The van der Waals surface area contributed by atoms with E-state index in [4.69, 9.17) is 5.11 Å². The maximum Gasteiger partial charge on any atom is 0.307 e. The molecule has 1 aliphatic rings. The second-order valence-corrected chi connectivity index (χ2v) is 6.34. The fraction of sp³-hybridized carbons (Fsp3) is 0.263. The fourth-order valence-corrected chi connectivity index (χ4v) is 2.88. The van der Waals surface area contributed by atoms with Crippen LogP contribution in [0.15, 0.2) is 42.7 Å². The molecule has 0 saturated heterocycles. The van der Waals surface area contributed by atoms with Crippen molar-refractivity contribution in [3.05, 3.63) is 53.9 Å². The topological polar surface area (TPSA) is 108 Å². The largest absolute Gasteiger partial charge is 0.481 e. The summed E-state index contributed by atoms with van der Waals surface area (Å²) in [5, 5.41) is 14.6. The predicted molar refractivity (Wildman–Crippen MR) is 95.8 cm³/mol. The van der Waals surface area contributed by atoms with E-state index >= 15 is 0 Å². The molecule has 1 heterocycles. The molecule has 26 heavy (non-hydrogen) atoms. The standard InChI is InChI=1S/C19H19N3O4/c1-11-2-3-13(21-18(24)14-4-5-15(14)19(25)26)10-16(11)22-17(23)12-6-8-20-9-7-12/h2-3,6-10,14-15H,4-5H2,1H3,(H,21,24)(H,22,23)(H,25,26). The smallest absolute Gasteiger partial charge is 0.307 e. The number of carboxylic acid groups (broad SMARTS) is 1. The molecule has 1 aliphatic carbocycles. The summed E-state index contributed by atoms with van der Waals surface area (Å²) in [5.74, 6) is -2.65. The molecule has 3 rings (SSSR count). The number of amides is 2. The van der Waals surface area contributed by atoms with Crippen LogP contribution in [0.1, 0.15) is 28.8 Å².